The Balaban J connectivity index is 2.41. The van der Waals surface area contributed by atoms with E-state index in [-0.39, 0.29) is 6.54 Å². The fourth-order valence-corrected chi connectivity index (χ4v) is 1.06. The van der Waals surface area contributed by atoms with Crippen molar-refractivity contribution in [3.05, 3.63) is 12.2 Å². The number of nitrogens with one attached hydrogen (secondary N) is 3. The molecule has 1 rings (SSSR count). The molecule has 0 aliphatic heterocycles. The van der Waals surface area contributed by atoms with Gasteiger partial charge in [0.1, 0.15) is 18.2 Å². The van der Waals surface area contributed by atoms with Gasteiger partial charge < -0.3 is 20.8 Å². The van der Waals surface area contributed by atoms with Crippen LogP contribution in [0.4, 0.5) is 4.79 Å². The van der Waals surface area contributed by atoms with Gasteiger partial charge in [-0.25, -0.2) is 14.6 Å². The third-order valence-corrected chi connectivity index (χ3v) is 1.86. The molecule has 0 saturated heterocycles. The summed E-state index contributed by atoms with van der Waals surface area (Å²) in [6.45, 7) is 0.0191. The van der Waals surface area contributed by atoms with Crippen molar-refractivity contribution in [1.29, 1.82) is 0 Å². The van der Waals surface area contributed by atoms with Gasteiger partial charge in [0, 0.05) is 0 Å². The Morgan fingerprint density at radius 2 is 2.11 bits per heavy atom. The zero-order chi connectivity index (χ0) is 13.5. The lowest BCUT2D eigenvalue weighted by Gasteiger charge is -2.12. The maximum absolute atomic E-state index is 11.3. The Morgan fingerprint density at radius 1 is 1.39 bits per heavy atom. The molecule has 0 aliphatic rings. The zero-order valence-corrected chi connectivity index (χ0v) is 9.08. The third-order valence-electron chi connectivity index (χ3n) is 1.86. The van der Waals surface area contributed by atoms with E-state index < -0.39 is 30.4 Å². The van der Waals surface area contributed by atoms with Crippen LogP contribution in [0.2, 0.25) is 0 Å². The van der Waals surface area contributed by atoms with E-state index in [1.54, 1.807) is 0 Å². The van der Waals surface area contributed by atoms with E-state index in [0.717, 1.165) is 0 Å². The fraction of sp³-hybridized carbons (Fsp3) is 0.375. The Morgan fingerprint density at radius 3 is 2.61 bits per heavy atom. The number of aromatic amines is 1. The maximum Gasteiger partial charge on any atom is 0.326 e. The van der Waals surface area contributed by atoms with Crippen molar-refractivity contribution in [1.82, 2.24) is 25.8 Å². The van der Waals surface area contributed by atoms with Crippen LogP contribution in [0, 0.1) is 0 Å². The second kappa shape index (κ2) is 6.18. The van der Waals surface area contributed by atoms with E-state index in [1.807, 2.05) is 5.32 Å². The summed E-state index contributed by atoms with van der Waals surface area (Å²) < 4.78 is 0. The number of aliphatic carboxylic acids is 2. The lowest BCUT2D eigenvalue weighted by atomic mass is 10.2. The minimum Gasteiger partial charge on any atom is -0.481 e. The Kier molecular flexibility index (Phi) is 4.60. The second-order valence-corrected chi connectivity index (χ2v) is 3.25. The summed E-state index contributed by atoms with van der Waals surface area (Å²) in [5.74, 6) is -2.36. The van der Waals surface area contributed by atoms with E-state index in [2.05, 4.69) is 20.5 Å². The van der Waals surface area contributed by atoms with Gasteiger partial charge in [-0.2, -0.15) is 5.10 Å². The molecule has 98 valence electrons. The Hall–Kier alpha value is -2.65. The molecule has 1 aromatic rings. The largest absolute Gasteiger partial charge is 0.481 e. The van der Waals surface area contributed by atoms with Crippen LogP contribution in [0.25, 0.3) is 0 Å². The van der Waals surface area contributed by atoms with Gasteiger partial charge in [0.25, 0.3) is 0 Å². The predicted octanol–water partition coefficient (Wildman–Crippen LogP) is -1.47. The van der Waals surface area contributed by atoms with Crippen LogP contribution >= 0.6 is 0 Å². The quantitative estimate of drug-likeness (QED) is 0.416. The first-order chi connectivity index (χ1) is 8.49. The van der Waals surface area contributed by atoms with Gasteiger partial charge in [-0.15, -0.1) is 0 Å². The summed E-state index contributed by atoms with van der Waals surface area (Å²) in [6, 6.07) is -2.29. The number of urea groups is 1. The van der Waals surface area contributed by atoms with Crippen LogP contribution in [0.15, 0.2) is 6.33 Å². The lowest BCUT2D eigenvalue weighted by Crippen LogP contribution is -2.46. The first-order valence-electron chi connectivity index (χ1n) is 4.82. The van der Waals surface area contributed by atoms with Crippen LogP contribution in [0.3, 0.4) is 0 Å². The van der Waals surface area contributed by atoms with E-state index in [1.165, 1.54) is 6.33 Å². The zero-order valence-electron chi connectivity index (χ0n) is 9.08. The highest BCUT2D eigenvalue weighted by atomic mass is 16.4. The number of rotatable bonds is 6. The average Bonchev–Trinajstić information content (AvgIpc) is 2.77. The van der Waals surface area contributed by atoms with Gasteiger partial charge in [-0.05, 0) is 0 Å². The number of hydrogen-bond acceptors (Lipinski definition) is 5. The normalized spacial score (nSPS) is 11.6. The molecule has 10 nitrogen and oxygen atoms in total. The summed E-state index contributed by atoms with van der Waals surface area (Å²) in [5, 5.41) is 27.5. The minimum atomic E-state index is -1.49. The molecule has 1 aromatic heterocycles. The first kappa shape index (κ1) is 13.4. The topological polar surface area (TPSA) is 157 Å². The summed E-state index contributed by atoms with van der Waals surface area (Å²) in [6.07, 6.45) is 0.546. The summed E-state index contributed by atoms with van der Waals surface area (Å²) in [4.78, 5) is 36.1. The summed E-state index contributed by atoms with van der Waals surface area (Å²) in [5.41, 5.74) is 0. The van der Waals surface area contributed by atoms with Crippen molar-refractivity contribution in [2.24, 2.45) is 0 Å². The molecular weight excluding hydrogens is 246 g/mol. The molecule has 0 bridgehead atoms. The van der Waals surface area contributed by atoms with E-state index >= 15 is 0 Å². The summed E-state index contributed by atoms with van der Waals surface area (Å²) in [7, 11) is 0. The molecule has 2 amide bonds. The number of amides is 2. The molecule has 10 heteroatoms. The maximum atomic E-state index is 11.3. The van der Waals surface area contributed by atoms with Gasteiger partial charge in [0.05, 0.1) is 13.0 Å². The first-order valence-corrected chi connectivity index (χ1v) is 4.82. The molecule has 0 saturated carbocycles. The summed E-state index contributed by atoms with van der Waals surface area (Å²) >= 11 is 0. The molecule has 0 aromatic carbocycles. The third kappa shape index (κ3) is 4.47. The van der Waals surface area contributed by atoms with Crippen LogP contribution in [0.5, 0.6) is 0 Å². The predicted molar refractivity (Wildman–Crippen MR) is 55.4 cm³/mol. The minimum absolute atomic E-state index is 0.0191. The van der Waals surface area contributed by atoms with Gasteiger partial charge in [-0.1, -0.05) is 0 Å². The number of carboxylic acid groups (broad SMARTS) is 2. The van der Waals surface area contributed by atoms with Gasteiger partial charge in [0.15, 0.2) is 0 Å². The van der Waals surface area contributed by atoms with E-state index in [0.29, 0.717) is 5.82 Å². The molecule has 0 fully saturated rings. The number of aromatic nitrogens is 3. The van der Waals surface area contributed by atoms with Crippen molar-refractivity contribution in [3.63, 3.8) is 0 Å². The molecule has 5 N–H and O–H groups in total. The van der Waals surface area contributed by atoms with Crippen LogP contribution in [-0.4, -0.2) is 49.4 Å². The van der Waals surface area contributed by atoms with Crippen molar-refractivity contribution < 1.29 is 24.6 Å². The fourth-order valence-electron chi connectivity index (χ4n) is 1.06. The SMILES string of the molecule is O=C(O)C[C@@H](NC(=O)NCc1ncn[nH]1)C(=O)O. The van der Waals surface area contributed by atoms with Gasteiger partial charge in [-0.3, -0.25) is 9.89 Å². The molecule has 18 heavy (non-hydrogen) atoms. The van der Waals surface area contributed by atoms with Crippen LogP contribution in [0.1, 0.15) is 12.2 Å². The number of H-pyrrole nitrogens is 1. The van der Waals surface area contributed by atoms with Crippen LogP contribution in [-0.2, 0) is 16.1 Å². The standard InChI is InChI=1S/C8H11N5O5/c14-6(15)1-4(7(16)17)12-8(18)9-2-5-10-3-11-13-5/h3-4H,1-2H2,(H,14,15)(H,16,17)(H2,9,12,18)(H,10,11,13)/t4-/m1/s1. The highest BCUT2D eigenvalue weighted by molar-refractivity contribution is 5.86. The molecule has 1 heterocycles. The Labute approximate surface area is 100 Å². The second-order valence-electron chi connectivity index (χ2n) is 3.25. The number of carbonyl (C=O) groups excluding carboxylic acids is 1. The molecular formula is C8H11N5O5. The van der Waals surface area contributed by atoms with E-state index in [9.17, 15) is 14.4 Å². The van der Waals surface area contributed by atoms with Gasteiger partial charge in [0.2, 0.25) is 0 Å². The molecule has 0 unspecified atom stereocenters. The van der Waals surface area contributed by atoms with Crippen molar-refractivity contribution in [3.8, 4) is 0 Å². The highest BCUT2D eigenvalue weighted by Gasteiger charge is 2.22. The van der Waals surface area contributed by atoms with Crippen molar-refractivity contribution in [2.45, 2.75) is 19.0 Å². The van der Waals surface area contributed by atoms with Crippen molar-refractivity contribution in [2.75, 3.05) is 0 Å². The number of carboxylic acids is 2. The number of hydrogen-bond donors (Lipinski definition) is 5. The number of carbonyl (C=O) groups is 3. The highest BCUT2D eigenvalue weighted by Crippen LogP contribution is 1.93. The molecule has 1 atom stereocenters. The Bertz CT molecular complexity index is 431. The lowest BCUT2D eigenvalue weighted by molar-refractivity contribution is -0.145. The molecule has 0 spiro atoms. The van der Waals surface area contributed by atoms with Crippen LogP contribution < -0.4 is 10.6 Å². The van der Waals surface area contributed by atoms with Gasteiger partial charge >= 0.3 is 18.0 Å². The smallest absolute Gasteiger partial charge is 0.326 e. The average molecular weight is 257 g/mol. The van der Waals surface area contributed by atoms with Crippen molar-refractivity contribution >= 4 is 18.0 Å². The molecule has 0 radical (unpaired) electrons. The number of nitrogens with zero attached hydrogens (tertiary/aromatic N) is 2. The molecule has 0 aliphatic carbocycles. The monoisotopic (exact) mass is 257 g/mol. The van der Waals surface area contributed by atoms with E-state index in [4.69, 9.17) is 10.2 Å².